The van der Waals surface area contributed by atoms with E-state index in [-0.39, 0.29) is 0 Å². The van der Waals surface area contributed by atoms with Crippen LogP contribution in [0.4, 0.5) is 4.79 Å². The van der Waals surface area contributed by atoms with Crippen LogP contribution in [-0.4, -0.2) is 17.3 Å². The standard InChI is InChI=1S/C15H20ClNO/c1-17(15(16)18)11-12-7-9-14(10-8-12)13-5-3-2-4-6-13/h7-10,13H,2-6,11H2,1H3. The van der Waals surface area contributed by atoms with Gasteiger partial charge in [0, 0.05) is 13.6 Å². The molecule has 0 bridgehead atoms. The topological polar surface area (TPSA) is 20.3 Å². The second-order valence-electron chi connectivity index (χ2n) is 5.19. The van der Waals surface area contributed by atoms with Gasteiger partial charge in [-0.1, -0.05) is 43.5 Å². The molecular weight excluding hydrogens is 246 g/mol. The molecule has 3 heteroatoms. The first-order valence-electron chi connectivity index (χ1n) is 6.66. The zero-order valence-electron chi connectivity index (χ0n) is 10.9. The van der Waals surface area contributed by atoms with Crippen LogP contribution in [-0.2, 0) is 6.54 Å². The van der Waals surface area contributed by atoms with Crippen molar-refractivity contribution in [3.8, 4) is 0 Å². The molecule has 1 aromatic carbocycles. The van der Waals surface area contributed by atoms with Crippen LogP contribution in [0.3, 0.4) is 0 Å². The fraction of sp³-hybridized carbons (Fsp3) is 0.533. The first-order chi connectivity index (χ1) is 8.66. The van der Waals surface area contributed by atoms with Crippen molar-refractivity contribution in [1.29, 1.82) is 0 Å². The van der Waals surface area contributed by atoms with Crippen molar-refractivity contribution in [2.24, 2.45) is 0 Å². The van der Waals surface area contributed by atoms with Gasteiger partial charge < -0.3 is 4.90 Å². The van der Waals surface area contributed by atoms with Crippen molar-refractivity contribution in [3.63, 3.8) is 0 Å². The molecule has 18 heavy (non-hydrogen) atoms. The predicted molar refractivity (Wildman–Crippen MR) is 75.0 cm³/mol. The fourth-order valence-corrected chi connectivity index (χ4v) is 2.73. The molecule has 1 saturated carbocycles. The molecule has 0 unspecified atom stereocenters. The van der Waals surface area contributed by atoms with E-state index in [4.69, 9.17) is 11.6 Å². The highest BCUT2D eigenvalue weighted by atomic mass is 35.5. The van der Waals surface area contributed by atoms with Gasteiger partial charge in [-0.05, 0) is 41.5 Å². The zero-order valence-corrected chi connectivity index (χ0v) is 11.6. The average Bonchev–Trinajstić information content (AvgIpc) is 2.40. The molecule has 1 aliphatic carbocycles. The van der Waals surface area contributed by atoms with E-state index >= 15 is 0 Å². The van der Waals surface area contributed by atoms with Crippen LogP contribution < -0.4 is 0 Å². The summed E-state index contributed by atoms with van der Waals surface area (Å²) in [7, 11) is 1.71. The summed E-state index contributed by atoms with van der Waals surface area (Å²) in [5.74, 6) is 0.736. The number of hydrogen-bond acceptors (Lipinski definition) is 1. The molecule has 2 nitrogen and oxygen atoms in total. The van der Waals surface area contributed by atoms with Gasteiger partial charge in [0.05, 0.1) is 0 Å². The zero-order chi connectivity index (χ0) is 13.0. The van der Waals surface area contributed by atoms with E-state index in [1.54, 1.807) is 7.05 Å². The molecular formula is C15H20ClNO. The Bertz CT molecular complexity index is 395. The van der Waals surface area contributed by atoms with Crippen LogP contribution >= 0.6 is 11.6 Å². The smallest absolute Gasteiger partial charge is 0.316 e. The van der Waals surface area contributed by atoms with Crippen molar-refractivity contribution in [1.82, 2.24) is 4.90 Å². The summed E-state index contributed by atoms with van der Waals surface area (Å²) in [5.41, 5.74) is 2.57. The average molecular weight is 266 g/mol. The van der Waals surface area contributed by atoms with Crippen LogP contribution in [0.25, 0.3) is 0 Å². The maximum absolute atomic E-state index is 11.0. The second kappa shape index (κ2) is 6.24. The van der Waals surface area contributed by atoms with Gasteiger partial charge in [0.25, 0.3) is 0 Å². The third-order valence-electron chi connectivity index (χ3n) is 3.78. The Labute approximate surface area is 114 Å². The molecule has 1 aliphatic rings. The normalized spacial score (nSPS) is 16.6. The Kier molecular flexibility index (Phi) is 4.65. The minimum Gasteiger partial charge on any atom is -0.328 e. The summed E-state index contributed by atoms with van der Waals surface area (Å²) in [6.45, 7) is 0.577. The van der Waals surface area contributed by atoms with Crippen LogP contribution in [0.2, 0.25) is 0 Å². The summed E-state index contributed by atoms with van der Waals surface area (Å²) in [6.07, 6.45) is 6.74. The van der Waals surface area contributed by atoms with Gasteiger partial charge in [-0.15, -0.1) is 0 Å². The molecule has 0 spiro atoms. The Morgan fingerprint density at radius 2 is 1.83 bits per heavy atom. The number of benzene rings is 1. The highest BCUT2D eigenvalue weighted by Crippen LogP contribution is 2.32. The van der Waals surface area contributed by atoms with E-state index < -0.39 is 5.37 Å². The van der Waals surface area contributed by atoms with Crippen LogP contribution in [0, 0.1) is 0 Å². The first-order valence-corrected chi connectivity index (χ1v) is 7.04. The molecule has 0 aliphatic heterocycles. The van der Waals surface area contributed by atoms with E-state index in [1.165, 1.54) is 42.6 Å². The molecule has 1 aromatic rings. The van der Waals surface area contributed by atoms with Crippen LogP contribution in [0.1, 0.15) is 49.1 Å². The number of nitrogens with zero attached hydrogens (tertiary/aromatic N) is 1. The SMILES string of the molecule is CN(Cc1ccc(C2CCCCC2)cc1)C(=O)Cl. The molecule has 0 heterocycles. The van der Waals surface area contributed by atoms with Gasteiger partial charge in [0.15, 0.2) is 0 Å². The number of carbonyl (C=O) groups is 1. The lowest BCUT2D eigenvalue weighted by Crippen LogP contribution is -2.20. The van der Waals surface area contributed by atoms with Crippen molar-refractivity contribution in [3.05, 3.63) is 35.4 Å². The Morgan fingerprint density at radius 3 is 2.39 bits per heavy atom. The summed E-state index contributed by atoms with van der Waals surface area (Å²) in [4.78, 5) is 12.5. The Morgan fingerprint density at radius 1 is 1.22 bits per heavy atom. The third kappa shape index (κ3) is 3.49. The quantitative estimate of drug-likeness (QED) is 0.581. The third-order valence-corrected chi connectivity index (χ3v) is 4.06. The highest BCUT2D eigenvalue weighted by Gasteiger charge is 2.15. The van der Waals surface area contributed by atoms with Gasteiger partial charge in [-0.3, -0.25) is 4.79 Å². The Hall–Kier alpha value is -1.02. The molecule has 2 rings (SSSR count). The number of hydrogen-bond donors (Lipinski definition) is 0. The summed E-state index contributed by atoms with van der Waals surface area (Å²) in [6, 6.07) is 8.64. The van der Waals surface area contributed by atoms with Gasteiger partial charge in [0.1, 0.15) is 0 Å². The van der Waals surface area contributed by atoms with E-state index in [9.17, 15) is 4.79 Å². The first kappa shape index (κ1) is 13.4. The fourth-order valence-electron chi connectivity index (χ4n) is 2.67. The summed E-state index contributed by atoms with van der Waals surface area (Å²) in [5, 5.41) is -0.411. The van der Waals surface area contributed by atoms with Crippen molar-refractivity contribution in [2.75, 3.05) is 7.05 Å². The van der Waals surface area contributed by atoms with E-state index in [1.807, 2.05) is 0 Å². The molecule has 0 N–H and O–H groups in total. The summed E-state index contributed by atoms with van der Waals surface area (Å²) >= 11 is 5.42. The molecule has 1 amide bonds. The van der Waals surface area contributed by atoms with Gasteiger partial charge in [-0.25, -0.2) is 0 Å². The maximum atomic E-state index is 11.0. The largest absolute Gasteiger partial charge is 0.328 e. The molecule has 0 radical (unpaired) electrons. The molecule has 0 aromatic heterocycles. The molecule has 98 valence electrons. The lowest BCUT2D eigenvalue weighted by molar-refractivity contribution is 0.230. The van der Waals surface area contributed by atoms with E-state index in [0.717, 1.165) is 11.5 Å². The minimum atomic E-state index is -0.411. The predicted octanol–water partition coefficient (Wildman–Crippen LogP) is 4.52. The number of amides is 1. The van der Waals surface area contributed by atoms with Crippen LogP contribution in [0.15, 0.2) is 24.3 Å². The Balaban J connectivity index is 1.98. The molecule has 0 atom stereocenters. The van der Waals surface area contributed by atoms with Crippen molar-refractivity contribution >= 4 is 17.0 Å². The van der Waals surface area contributed by atoms with Crippen molar-refractivity contribution < 1.29 is 4.79 Å². The van der Waals surface area contributed by atoms with Crippen LogP contribution in [0.5, 0.6) is 0 Å². The maximum Gasteiger partial charge on any atom is 0.316 e. The van der Waals surface area contributed by atoms with E-state index in [2.05, 4.69) is 24.3 Å². The van der Waals surface area contributed by atoms with Gasteiger partial charge in [0.2, 0.25) is 0 Å². The van der Waals surface area contributed by atoms with Crippen molar-refractivity contribution in [2.45, 2.75) is 44.6 Å². The number of carbonyl (C=O) groups excluding carboxylic acids is 1. The minimum absolute atomic E-state index is 0.411. The lowest BCUT2D eigenvalue weighted by atomic mass is 9.84. The lowest BCUT2D eigenvalue weighted by Gasteiger charge is -2.22. The second-order valence-corrected chi connectivity index (χ2v) is 5.51. The number of rotatable bonds is 3. The highest BCUT2D eigenvalue weighted by molar-refractivity contribution is 6.62. The van der Waals surface area contributed by atoms with E-state index in [0.29, 0.717) is 6.54 Å². The number of halogens is 1. The van der Waals surface area contributed by atoms with Gasteiger partial charge in [-0.2, -0.15) is 0 Å². The summed E-state index contributed by atoms with van der Waals surface area (Å²) < 4.78 is 0. The van der Waals surface area contributed by atoms with Gasteiger partial charge >= 0.3 is 5.37 Å². The monoisotopic (exact) mass is 265 g/mol. The molecule has 1 fully saturated rings. The molecule has 0 saturated heterocycles.